The van der Waals surface area contributed by atoms with E-state index in [1.807, 2.05) is 0 Å². The van der Waals surface area contributed by atoms with Crippen LogP contribution in [0.4, 0.5) is 11.5 Å². The van der Waals surface area contributed by atoms with Crippen LogP contribution in [-0.4, -0.2) is 20.4 Å². The lowest BCUT2D eigenvalue weighted by molar-refractivity contribution is 0.897. The number of halogens is 3. The Kier molecular flexibility index (Phi) is 3.56. The SMILES string of the molecule is Clc1cc(Cl)cc(Nc2nnnc3ccc(Cl)nc23)c1. The summed E-state index contributed by atoms with van der Waals surface area (Å²) in [6.45, 7) is 0. The molecule has 0 saturated heterocycles. The first kappa shape index (κ1) is 13.3. The van der Waals surface area contributed by atoms with E-state index in [9.17, 15) is 0 Å². The third-order valence-corrected chi connectivity index (χ3v) is 3.13. The van der Waals surface area contributed by atoms with Crippen molar-refractivity contribution in [3.63, 3.8) is 0 Å². The largest absolute Gasteiger partial charge is 0.337 e. The van der Waals surface area contributed by atoms with E-state index >= 15 is 0 Å². The molecule has 100 valence electrons. The summed E-state index contributed by atoms with van der Waals surface area (Å²) < 4.78 is 0. The van der Waals surface area contributed by atoms with Gasteiger partial charge < -0.3 is 5.32 Å². The summed E-state index contributed by atoms with van der Waals surface area (Å²) in [5.74, 6) is 0.427. The fraction of sp³-hybridized carbons (Fsp3) is 0. The number of nitrogens with one attached hydrogen (secondary N) is 1. The predicted molar refractivity (Wildman–Crippen MR) is 79.9 cm³/mol. The molecule has 1 aromatic carbocycles. The topological polar surface area (TPSA) is 63.6 Å². The highest BCUT2D eigenvalue weighted by Gasteiger charge is 2.08. The summed E-state index contributed by atoms with van der Waals surface area (Å²) in [4.78, 5) is 4.19. The van der Waals surface area contributed by atoms with Gasteiger partial charge in [-0.25, -0.2) is 4.98 Å². The molecule has 3 aromatic rings. The van der Waals surface area contributed by atoms with Crippen LogP contribution in [0.2, 0.25) is 15.2 Å². The van der Waals surface area contributed by atoms with Gasteiger partial charge in [-0.2, -0.15) is 0 Å². The zero-order valence-electron chi connectivity index (χ0n) is 9.81. The predicted octanol–water partition coefficient (Wildman–Crippen LogP) is 4.12. The van der Waals surface area contributed by atoms with Gasteiger partial charge in [0, 0.05) is 15.7 Å². The van der Waals surface area contributed by atoms with Crippen LogP contribution in [0.25, 0.3) is 11.0 Å². The van der Waals surface area contributed by atoms with E-state index in [4.69, 9.17) is 34.8 Å². The first-order valence-corrected chi connectivity index (χ1v) is 6.64. The quantitative estimate of drug-likeness (QED) is 0.718. The van der Waals surface area contributed by atoms with Crippen molar-refractivity contribution in [2.45, 2.75) is 0 Å². The Balaban J connectivity index is 2.08. The van der Waals surface area contributed by atoms with Crippen LogP contribution in [0.1, 0.15) is 0 Å². The van der Waals surface area contributed by atoms with Gasteiger partial charge in [0.1, 0.15) is 16.2 Å². The third-order valence-electron chi connectivity index (χ3n) is 2.49. The average Bonchev–Trinajstić information content (AvgIpc) is 2.38. The molecule has 0 fully saturated rings. The average molecular weight is 327 g/mol. The summed E-state index contributed by atoms with van der Waals surface area (Å²) in [7, 11) is 0. The number of anilines is 2. The van der Waals surface area contributed by atoms with E-state index in [1.165, 1.54) is 0 Å². The van der Waals surface area contributed by atoms with Gasteiger partial charge in [0.05, 0.1) is 0 Å². The third kappa shape index (κ3) is 2.75. The first-order chi connectivity index (χ1) is 9.61. The number of pyridine rings is 1. The van der Waals surface area contributed by atoms with Crippen LogP contribution in [0.5, 0.6) is 0 Å². The van der Waals surface area contributed by atoms with Gasteiger partial charge in [-0.1, -0.05) is 34.8 Å². The van der Waals surface area contributed by atoms with Crippen molar-refractivity contribution in [2.75, 3.05) is 5.32 Å². The normalized spacial score (nSPS) is 10.8. The smallest absolute Gasteiger partial charge is 0.183 e. The van der Waals surface area contributed by atoms with E-state index < -0.39 is 0 Å². The molecule has 20 heavy (non-hydrogen) atoms. The van der Waals surface area contributed by atoms with Gasteiger partial charge in [0.2, 0.25) is 0 Å². The number of rotatable bonds is 2. The summed E-state index contributed by atoms with van der Waals surface area (Å²) in [6, 6.07) is 8.42. The Bertz CT molecular complexity index is 773. The molecule has 0 unspecified atom stereocenters. The van der Waals surface area contributed by atoms with Gasteiger partial charge in [0.25, 0.3) is 0 Å². The molecule has 2 aromatic heterocycles. The van der Waals surface area contributed by atoms with Crippen LogP contribution >= 0.6 is 34.8 Å². The number of benzene rings is 1. The first-order valence-electron chi connectivity index (χ1n) is 5.50. The lowest BCUT2D eigenvalue weighted by Crippen LogP contribution is -2.00. The minimum atomic E-state index is 0.347. The summed E-state index contributed by atoms with van der Waals surface area (Å²) in [5.41, 5.74) is 1.77. The Hall–Kier alpha value is -1.69. The molecule has 0 spiro atoms. The van der Waals surface area contributed by atoms with Crippen molar-refractivity contribution < 1.29 is 0 Å². The van der Waals surface area contributed by atoms with E-state index in [0.29, 0.717) is 37.7 Å². The van der Waals surface area contributed by atoms with Crippen molar-refractivity contribution in [1.82, 2.24) is 20.4 Å². The second-order valence-electron chi connectivity index (χ2n) is 3.92. The maximum atomic E-state index is 5.95. The molecule has 5 nitrogen and oxygen atoms in total. The van der Waals surface area contributed by atoms with Crippen LogP contribution in [-0.2, 0) is 0 Å². The molecule has 0 bridgehead atoms. The lowest BCUT2D eigenvalue weighted by Gasteiger charge is -2.07. The minimum absolute atomic E-state index is 0.347. The van der Waals surface area contributed by atoms with Crippen LogP contribution in [0, 0.1) is 0 Å². The molecule has 1 N–H and O–H groups in total. The van der Waals surface area contributed by atoms with Gasteiger partial charge in [-0.3, -0.25) is 0 Å². The molecule has 0 saturated carbocycles. The minimum Gasteiger partial charge on any atom is -0.337 e. The highest BCUT2D eigenvalue weighted by Crippen LogP contribution is 2.26. The highest BCUT2D eigenvalue weighted by molar-refractivity contribution is 6.35. The highest BCUT2D eigenvalue weighted by atomic mass is 35.5. The van der Waals surface area contributed by atoms with Crippen LogP contribution in [0.3, 0.4) is 0 Å². The molecular weight excluding hydrogens is 321 g/mol. The molecule has 0 aliphatic carbocycles. The van der Waals surface area contributed by atoms with Crippen LogP contribution < -0.4 is 5.32 Å². The molecule has 2 heterocycles. The summed E-state index contributed by atoms with van der Waals surface area (Å²) in [5, 5.41) is 15.9. The Morgan fingerprint density at radius 3 is 2.40 bits per heavy atom. The van der Waals surface area contributed by atoms with Crippen molar-refractivity contribution in [3.8, 4) is 0 Å². The van der Waals surface area contributed by atoms with E-state index in [1.54, 1.807) is 30.3 Å². The second kappa shape index (κ2) is 5.36. The number of aromatic nitrogens is 4. The molecule has 0 radical (unpaired) electrons. The maximum absolute atomic E-state index is 5.95. The molecule has 0 amide bonds. The van der Waals surface area contributed by atoms with Crippen LogP contribution in [0.15, 0.2) is 30.3 Å². The van der Waals surface area contributed by atoms with E-state index in [2.05, 4.69) is 25.7 Å². The monoisotopic (exact) mass is 325 g/mol. The lowest BCUT2D eigenvalue weighted by atomic mass is 10.3. The van der Waals surface area contributed by atoms with Crippen molar-refractivity contribution in [3.05, 3.63) is 45.5 Å². The molecular formula is C12H6Cl3N5. The maximum Gasteiger partial charge on any atom is 0.183 e. The molecule has 3 rings (SSSR count). The molecule has 8 heteroatoms. The van der Waals surface area contributed by atoms with E-state index in [0.717, 1.165) is 0 Å². The number of nitrogens with zero attached hydrogens (tertiary/aromatic N) is 4. The van der Waals surface area contributed by atoms with E-state index in [-0.39, 0.29) is 0 Å². The number of hydrogen-bond acceptors (Lipinski definition) is 5. The van der Waals surface area contributed by atoms with Gasteiger partial charge in [-0.05, 0) is 35.5 Å². The number of fused-ring (bicyclic) bond motifs is 1. The van der Waals surface area contributed by atoms with Crippen molar-refractivity contribution in [2.24, 2.45) is 0 Å². The summed E-state index contributed by atoms with van der Waals surface area (Å²) >= 11 is 17.8. The summed E-state index contributed by atoms with van der Waals surface area (Å²) in [6.07, 6.45) is 0. The zero-order chi connectivity index (χ0) is 14.1. The number of hydrogen-bond donors (Lipinski definition) is 1. The Morgan fingerprint density at radius 2 is 1.65 bits per heavy atom. The van der Waals surface area contributed by atoms with Gasteiger partial charge >= 0.3 is 0 Å². The molecule has 0 aliphatic heterocycles. The second-order valence-corrected chi connectivity index (χ2v) is 5.18. The zero-order valence-corrected chi connectivity index (χ0v) is 12.1. The Morgan fingerprint density at radius 1 is 0.900 bits per heavy atom. The van der Waals surface area contributed by atoms with Gasteiger partial charge in [0.15, 0.2) is 5.82 Å². The fourth-order valence-corrected chi connectivity index (χ4v) is 2.37. The Labute approximate surface area is 128 Å². The van der Waals surface area contributed by atoms with Crippen molar-refractivity contribution >= 4 is 57.3 Å². The fourth-order valence-electron chi connectivity index (χ4n) is 1.69. The molecule has 0 aliphatic rings. The standard InChI is InChI=1S/C12H6Cl3N5/c13-6-3-7(14)5-8(4-6)16-12-11-9(18-20-19-12)1-2-10(15)17-11/h1-5H,(H,16,18,19). The molecule has 0 atom stereocenters. The van der Waals surface area contributed by atoms with Crippen molar-refractivity contribution in [1.29, 1.82) is 0 Å². The van der Waals surface area contributed by atoms with Gasteiger partial charge in [-0.15, -0.1) is 10.2 Å².